The van der Waals surface area contributed by atoms with Gasteiger partial charge in [-0.15, -0.1) is 0 Å². The zero-order valence-corrected chi connectivity index (χ0v) is 12.9. The molecule has 0 bridgehead atoms. The molecular weight excluding hydrogens is 374 g/mol. The summed E-state index contributed by atoms with van der Waals surface area (Å²) in [6.45, 7) is 0. The van der Waals surface area contributed by atoms with Crippen molar-refractivity contribution in [1.29, 1.82) is 0 Å². The fourth-order valence-electron chi connectivity index (χ4n) is 1.15. The SMILES string of the molecule is O=C([O-])CCCCC(=O)OF.O=C([O-])CCCCC(=O)OF.[Cu+2]. The number of rotatable bonds is 10. The Bertz CT molecular complexity index is 331. The molecule has 0 unspecified atom stereocenters. The quantitative estimate of drug-likeness (QED) is 0.359. The third-order valence-corrected chi connectivity index (χ3v) is 2.20. The van der Waals surface area contributed by atoms with Gasteiger partial charge >= 0.3 is 29.0 Å². The number of unbranched alkanes of at least 4 members (excludes halogenated alkanes) is 2. The standard InChI is InChI=1S/2C6H9FO4.Cu/c2*7-11-6(10)4-2-1-3-5(8)9;/h2*1-4H2,(H,8,9);/q;;+2/p-2. The molecule has 1 radical (unpaired) electrons. The molecular formula is C12H16CuF2O8. The van der Waals surface area contributed by atoms with Crippen LogP contribution < -0.4 is 10.2 Å². The third-order valence-electron chi connectivity index (χ3n) is 2.20. The van der Waals surface area contributed by atoms with Crippen LogP contribution >= 0.6 is 0 Å². The van der Waals surface area contributed by atoms with E-state index in [0.717, 1.165) is 0 Å². The molecule has 0 fully saturated rings. The zero-order valence-electron chi connectivity index (χ0n) is 12.0. The van der Waals surface area contributed by atoms with Gasteiger partial charge in [-0.2, -0.15) is 0 Å². The molecule has 0 saturated carbocycles. The summed E-state index contributed by atoms with van der Waals surface area (Å²) in [7, 11) is 0. The van der Waals surface area contributed by atoms with Crippen molar-refractivity contribution in [3.05, 3.63) is 0 Å². The zero-order chi connectivity index (χ0) is 17.4. The van der Waals surface area contributed by atoms with Gasteiger partial charge in [-0.05, 0) is 38.5 Å². The van der Waals surface area contributed by atoms with Crippen LogP contribution in [0.25, 0.3) is 0 Å². The summed E-state index contributed by atoms with van der Waals surface area (Å²) in [6.07, 6.45) is 0.801. The molecule has 0 aliphatic heterocycles. The molecule has 0 aromatic rings. The first-order valence-electron chi connectivity index (χ1n) is 6.36. The van der Waals surface area contributed by atoms with E-state index < -0.39 is 23.9 Å². The second-order valence-electron chi connectivity index (χ2n) is 4.06. The maximum absolute atomic E-state index is 11.0. The molecule has 8 nitrogen and oxygen atoms in total. The van der Waals surface area contributed by atoms with Gasteiger partial charge in [0.15, 0.2) is 0 Å². The predicted molar refractivity (Wildman–Crippen MR) is 61.4 cm³/mol. The van der Waals surface area contributed by atoms with Gasteiger partial charge in [0.25, 0.3) is 0 Å². The number of carboxylic acid groups (broad SMARTS) is 2. The van der Waals surface area contributed by atoms with Crippen molar-refractivity contribution >= 4 is 23.9 Å². The van der Waals surface area contributed by atoms with Crippen LogP contribution in [0.2, 0.25) is 0 Å². The van der Waals surface area contributed by atoms with Crippen LogP contribution in [-0.2, 0) is 46.1 Å². The molecule has 0 aliphatic carbocycles. The number of hydrogen-bond donors (Lipinski definition) is 0. The van der Waals surface area contributed by atoms with Crippen LogP contribution in [0.4, 0.5) is 9.05 Å². The molecule has 0 amide bonds. The van der Waals surface area contributed by atoms with Crippen molar-refractivity contribution < 1.29 is 65.4 Å². The van der Waals surface area contributed by atoms with Crippen molar-refractivity contribution in [2.75, 3.05) is 0 Å². The minimum Gasteiger partial charge on any atom is -0.550 e. The second kappa shape index (κ2) is 18.3. The Morgan fingerprint density at radius 2 is 0.913 bits per heavy atom. The molecule has 0 aromatic heterocycles. The molecule has 0 saturated heterocycles. The molecule has 23 heavy (non-hydrogen) atoms. The van der Waals surface area contributed by atoms with Crippen LogP contribution in [0, 0.1) is 0 Å². The Hall–Kier alpha value is -1.74. The Kier molecular flexibility index (Phi) is 20.8. The van der Waals surface area contributed by atoms with Crippen LogP contribution in [0.5, 0.6) is 0 Å². The Morgan fingerprint density at radius 1 is 0.652 bits per heavy atom. The molecule has 0 N–H and O–H groups in total. The molecule has 0 aromatic carbocycles. The maximum atomic E-state index is 11.0. The maximum Gasteiger partial charge on any atom is 2.00 e. The van der Waals surface area contributed by atoms with E-state index in [4.69, 9.17) is 0 Å². The number of hydrogen-bond acceptors (Lipinski definition) is 8. The van der Waals surface area contributed by atoms with E-state index in [2.05, 4.69) is 9.88 Å². The van der Waals surface area contributed by atoms with E-state index in [1.807, 2.05) is 0 Å². The fourth-order valence-corrected chi connectivity index (χ4v) is 1.15. The van der Waals surface area contributed by atoms with E-state index in [1.165, 1.54) is 0 Å². The monoisotopic (exact) mass is 389 g/mol. The summed E-state index contributed by atoms with van der Waals surface area (Å²) in [5.41, 5.74) is 0. The Morgan fingerprint density at radius 3 is 1.13 bits per heavy atom. The summed E-state index contributed by atoms with van der Waals surface area (Å²) in [5.74, 6) is -4.27. The molecule has 137 valence electrons. The van der Waals surface area contributed by atoms with Gasteiger partial charge in [-0.1, -0.05) is 0 Å². The van der Waals surface area contributed by atoms with E-state index in [-0.39, 0.29) is 42.8 Å². The van der Waals surface area contributed by atoms with Crippen LogP contribution in [0.3, 0.4) is 0 Å². The van der Waals surface area contributed by atoms with Crippen LogP contribution in [-0.4, -0.2) is 23.9 Å². The molecule has 0 spiro atoms. The molecule has 11 heteroatoms. The summed E-state index contributed by atoms with van der Waals surface area (Å²) < 4.78 is 22.0. The van der Waals surface area contributed by atoms with Gasteiger partial charge in [-0.3, -0.25) is 9.88 Å². The van der Waals surface area contributed by atoms with Crippen molar-refractivity contribution in [3.63, 3.8) is 0 Å². The number of carbonyl (C=O) groups is 4. The first-order valence-corrected chi connectivity index (χ1v) is 6.36. The molecule has 0 aliphatic rings. The predicted octanol–water partition coefficient (Wildman–Crippen LogP) is -0.554. The van der Waals surface area contributed by atoms with E-state index in [9.17, 15) is 38.4 Å². The number of carbonyl (C=O) groups excluding carboxylic acids is 4. The van der Waals surface area contributed by atoms with Gasteiger partial charge in [-0.25, -0.2) is 9.59 Å². The smallest absolute Gasteiger partial charge is 0.550 e. The summed E-state index contributed by atoms with van der Waals surface area (Å²) in [5, 5.41) is 19.6. The Labute approximate surface area is 141 Å². The van der Waals surface area contributed by atoms with E-state index in [0.29, 0.717) is 25.7 Å². The van der Waals surface area contributed by atoms with Crippen molar-refractivity contribution in [2.24, 2.45) is 0 Å². The summed E-state index contributed by atoms with van der Waals surface area (Å²) in [4.78, 5) is 45.5. The van der Waals surface area contributed by atoms with Crippen molar-refractivity contribution in [3.8, 4) is 0 Å². The van der Waals surface area contributed by atoms with Crippen molar-refractivity contribution in [2.45, 2.75) is 51.4 Å². The minimum atomic E-state index is -1.17. The average Bonchev–Trinajstić information content (AvgIpc) is 2.47. The number of aliphatic carboxylic acids is 2. The molecule has 0 rings (SSSR count). The van der Waals surface area contributed by atoms with Crippen LogP contribution in [0.15, 0.2) is 0 Å². The topological polar surface area (TPSA) is 133 Å². The molecule has 0 atom stereocenters. The van der Waals surface area contributed by atoms with Gasteiger partial charge < -0.3 is 19.8 Å². The minimum absolute atomic E-state index is 0. The average molecular weight is 390 g/mol. The normalized spacial score (nSPS) is 8.78. The van der Waals surface area contributed by atoms with Crippen molar-refractivity contribution in [1.82, 2.24) is 0 Å². The molecule has 0 heterocycles. The number of halogens is 2. The first kappa shape index (κ1) is 26.2. The van der Waals surface area contributed by atoms with E-state index >= 15 is 0 Å². The number of carboxylic acids is 2. The second-order valence-corrected chi connectivity index (χ2v) is 4.06. The Balaban J connectivity index is -0.000000333. The summed E-state index contributed by atoms with van der Waals surface area (Å²) >= 11 is 0. The van der Waals surface area contributed by atoms with Gasteiger partial charge in [0, 0.05) is 33.8 Å². The van der Waals surface area contributed by atoms with Gasteiger partial charge in [0.2, 0.25) is 0 Å². The van der Waals surface area contributed by atoms with Gasteiger partial charge in [0.1, 0.15) is 0 Å². The fraction of sp³-hybridized carbons (Fsp3) is 0.667. The largest absolute Gasteiger partial charge is 2.00 e. The first-order chi connectivity index (χ1) is 10.3. The third kappa shape index (κ3) is 25.6. The van der Waals surface area contributed by atoms with E-state index in [1.54, 1.807) is 0 Å². The van der Waals surface area contributed by atoms with Gasteiger partial charge in [0.05, 0.1) is 0 Å². The van der Waals surface area contributed by atoms with Crippen LogP contribution in [0.1, 0.15) is 51.4 Å². The summed E-state index contributed by atoms with van der Waals surface area (Å²) in [6, 6.07) is 0.